The van der Waals surface area contributed by atoms with Crippen LogP contribution in [0.25, 0.3) is 22.2 Å². The summed E-state index contributed by atoms with van der Waals surface area (Å²) < 4.78 is 47.4. The van der Waals surface area contributed by atoms with Gasteiger partial charge in [0.05, 0.1) is 30.5 Å². The van der Waals surface area contributed by atoms with Crippen molar-refractivity contribution in [2.45, 2.75) is 31.2 Å². The lowest BCUT2D eigenvalue weighted by Gasteiger charge is -2.36. The Morgan fingerprint density at radius 2 is 1.79 bits per heavy atom. The zero-order chi connectivity index (χ0) is 23.1. The second kappa shape index (κ2) is 8.64. The number of aromatic nitrogens is 1. The highest BCUT2D eigenvalue weighted by molar-refractivity contribution is 6.03. The van der Waals surface area contributed by atoms with Gasteiger partial charge < -0.3 is 9.72 Å². The molecule has 1 saturated heterocycles. The number of carbonyl (C=O) groups excluding carboxylic acids is 2. The van der Waals surface area contributed by atoms with Crippen LogP contribution < -0.4 is 10.6 Å². The zero-order valence-electron chi connectivity index (χ0n) is 17.6. The minimum absolute atomic E-state index is 0.0516. The van der Waals surface area contributed by atoms with Crippen LogP contribution in [0.15, 0.2) is 36.4 Å². The Morgan fingerprint density at radius 1 is 1.03 bits per heavy atom. The Hall–Kier alpha value is -3.17. The molecule has 5 rings (SSSR count). The lowest BCUT2D eigenvalue weighted by Crippen LogP contribution is -2.41. The standard InChI is InChI=1S/C24H22F3N3O3/c25-15-3-1-12(2-4-15)22-21(18-8-16(26)9-19(27)23(18)30-22)13-5-17(6-13)28-11-33-10-14-7-20(31)29-24(14)32/h1-4,8-9,13-14,17,28,30H,5-7,10-11H2,(H,29,31,32). The largest absolute Gasteiger partial charge is 0.365 e. The number of benzene rings is 2. The summed E-state index contributed by atoms with van der Waals surface area (Å²) >= 11 is 0. The number of hydrogen-bond donors (Lipinski definition) is 3. The number of aromatic amines is 1. The molecule has 1 aromatic heterocycles. The smallest absolute Gasteiger partial charge is 0.232 e. The van der Waals surface area contributed by atoms with Crippen LogP contribution in [0.3, 0.4) is 0 Å². The number of fused-ring (bicyclic) bond motifs is 1. The molecule has 2 fully saturated rings. The number of H-pyrrole nitrogens is 1. The molecule has 1 saturated carbocycles. The van der Waals surface area contributed by atoms with Crippen molar-refractivity contribution >= 4 is 22.7 Å². The molecule has 1 unspecified atom stereocenters. The van der Waals surface area contributed by atoms with Crippen LogP contribution in [0.1, 0.15) is 30.7 Å². The van der Waals surface area contributed by atoms with Gasteiger partial charge in [-0.1, -0.05) is 0 Å². The number of nitrogens with one attached hydrogen (secondary N) is 3. The Bertz CT molecular complexity index is 1220. The van der Waals surface area contributed by atoms with Gasteiger partial charge in [-0.05, 0) is 60.2 Å². The van der Waals surface area contributed by atoms with E-state index < -0.39 is 17.6 Å². The third-order valence-electron chi connectivity index (χ3n) is 6.40. The molecular weight excluding hydrogens is 435 g/mol. The monoisotopic (exact) mass is 457 g/mol. The van der Waals surface area contributed by atoms with E-state index in [9.17, 15) is 22.8 Å². The van der Waals surface area contributed by atoms with Crippen LogP contribution in [0.2, 0.25) is 0 Å². The molecule has 9 heteroatoms. The van der Waals surface area contributed by atoms with Crippen molar-refractivity contribution in [3.05, 3.63) is 59.4 Å². The Kier molecular flexibility index (Phi) is 5.67. The highest BCUT2D eigenvalue weighted by Crippen LogP contribution is 2.45. The molecule has 3 N–H and O–H groups in total. The van der Waals surface area contributed by atoms with Crippen molar-refractivity contribution in [3.8, 4) is 11.3 Å². The maximum Gasteiger partial charge on any atom is 0.232 e. The van der Waals surface area contributed by atoms with Gasteiger partial charge in [-0.2, -0.15) is 0 Å². The Balaban J connectivity index is 1.28. The topological polar surface area (TPSA) is 83.2 Å². The van der Waals surface area contributed by atoms with Gasteiger partial charge in [0.25, 0.3) is 0 Å². The minimum atomic E-state index is -0.670. The predicted octanol–water partition coefficient (Wildman–Crippen LogP) is 3.72. The molecule has 1 aliphatic carbocycles. The van der Waals surface area contributed by atoms with Gasteiger partial charge in [0.2, 0.25) is 11.8 Å². The first-order valence-electron chi connectivity index (χ1n) is 10.8. The summed E-state index contributed by atoms with van der Waals surface area (Å²) in [4.78, 5) is 25.9. The third kappa shape index (κ3) is 4.26. The van der Waals surface area contributed by atoms with E-state index in [-0.39, 0.29) is 54.9 Å². The lowest BCUT2D eigenvalue weighted by atomic mass is 9.74. The van der Waals surface area contributed by atoms with Gasteiger partial charge >= 0.3 is 0 Å². The molecule has 1 aliphatic heterocycles. The van der Waals surface area contributed by atoms with E-state index in [0.29, 0.717) is 16.6 Å². The fraction of sp³-hybridized carbons (Fsp3) is 0.333. The number of carbonyl (C=O) groups is 2. The maximum atomic E-state index is 14.5. The average Bonchev–Trinajstić information content (AvgIpc) is 3.26. The molecular formula is C24H22F3N3O3. The van der Waals surface area contributed by atoms with E-state index in [1.807, 2.05) is 0 Å². The number of imide groups is 1. The van der Waals surface area contributed by atoms with E-state index in [0.717, 1.165) is 24.5 Å². The van der Waals surface area contributed by atoms with Gasteiger partial charge in [-0.3, -0.25) is 20.2 Å². The second-order valence-corrected chi connectivity index (χ2v) is 8.63. The number of halogens is 3. The highest BCUT2D eigenvalue weighted by Gasteiger charge is 2.35. The van der Waals surface area contributed by atoms with Crippen LogP contribution >= 0.6 is 0 Å². The van der Waals surface area contributed by atoms with Crippen LogP contribution in [-0.4, -0.2) is 36.2 Å². The van der Waals surface area contributed by atoms with Gasteiger partial charge in [0.1, 0.15) is 17.5 Å². The van der Waals surface area contributed by atoms with E-state index in [1.54, 1.807) is 12.1 Å². The fourth-order valence-corrected chi connectivity index (χ4v) is 4.65. The van der Waals surface area contributed by atoms with Crippen molar-refractivity contribution in [2.24, 2.45) is 5.92 Å². The number of hydrogen-bond acceptors (Lipinski definition) is 4. The summed E-state index contributed by atoms with van der Waals surface area (Å²) in [7, 11) is 0. The summed E-state index contributed by atoms with van der Waals surface area (Å²) in [6.07, 6.45) is 1.60. The summed E-state index contributed by atoms with van der Waals surface area (Å²) in [5.41, 5.74) is 2.41. The lowest BCUT2D eigenvalue weighted by molar-refractivity contribution is -0.126. The molecule has 1 atom stereocenters. The molecule has 33 heavy (non-hydrogen) atoms. The van der Waals surface area contributed by atoms with E-state index in [2.05, 4.69) is 15.6 Å². The van der Waals surface area contributed by atoms with E-state index >= 15 is 0 Å². The molecule has 3 aromatic rings. The molecule has 6 nitrogen and oxygen atoms in total. The minimum Gasteiger partial charge on any atom is -0.365 e. The highest BCUT2D eigenvalue weighted by atomic mass is 19.1. The number of ether oxygens (including phenoxy) is 1. The van der Waals surface area contributed by atoms with Crippen LogP contribution in [0, 0.1) is 23.4 Å². The second-order valence-electron chi connectivity index (χ2n) is 8.63. The van der Waals surface area contributed by atoms with Crippen molar-refractivity contribution in [3.63, 3.8) is 0 Å². The molecule has 2 amide bonds. The van der Waals surface area contributed by atoms with Crippen LogP contribution in [0.4, 0.5) is 13.2 Å². The molecule has 0 bridgehead atoms. The summed E-state index contributed by atoms with van der Waals surface area (Å²) in [5.74, 6) is -2.69. The van der Waals surface area contributed by atoms with Gasteiger partial charge in [0, 0.05) is 23.9 Å². The van der Waals surface area contributed by atoms with Crippen molar-refractivity contribution < 1.29 is 27.5 Å². The fourth-order valence-electron chi connectivity index (χ4n) is 4.65. The molecule has 2 aromatic carbocycles. The molecule has 172 valence electrons. The van der Waals surface area contributed by atoms with Gasteiger partial charge in [0.15, 0.2) is 0 Å². The first-order chi connectivity index (χ1) is 15.9. The summed E-state index contributed by atoms with van der Waals surface area (Å²) in [6, 6.07) is 8.21. The molecule has 2 heterocycles. The number of amides is 2. The molecule has 0 radical (unpaired) electrons. The summed E-state index contributed by atoms with van der Waals surface area (Å²) in [6.45, 7) is 0.397. The third-order valence-corrected chi connectivity index (χ3v) is 6.40. The Labute approximate surface area is 187 Å². The molecule has 2 aliphatic rings. The van der Waals surface area contributed by atoms with E-state index in [1.165, 1.54) is 18.2 Å². The van der Waals surface area contributed by atoms with Crippen molar-refractivity contribution in [2.75, 3.05) is 13.3 Å². The predicted molar refractivity (Wildman–Crippen MR) is 115 cm³/mol. The quantitative estimate of drug-likeness (QED) is 0.287. The van der Waals surface area contributed by atoms with Crippen molar-refractivity contribution in [1.29, 1.82) is 0 Å². The van der Waals surface area contributed by atoms with Crippen molar-refractivity contribution in [1.82, 2.24) is 15.6 Å². The first kappa shape index (κ1) is 21.7. The van der Waals surface area contributed by atoms with Gasteiger partial charge in [-0.25, -0.2) is 13.2 Å². The summed E-state index contributed by atoms with van der Waals surface area (Å²) in [5, 5.41) is 5.99. The first-order valence-corrected chi connectivity index (χ1v) is 10.8. The van der Waals surface area contributed by atoms with Crippen LogP contribution in [0.5, 0.6) is 0 Å². The molecule has 0 spiro atoms. The number of rotatable bonds is 7. The van der Waals surface area contributed by atoms with Crippen LogP contribution in [-0.2, 0) is 14.3 Å². The van der Waals surface area contributed by atoms with E-state index in [4.69, 9.17) is 4.74 Å². The average molecular weight is 457 g/mol. The zero-order valence-corrected chi connectivity index (χ0v) is 17.6. The normalized spacial score (nSPS) is 22.6. The maximum absolute atomic E-state index is 14.5. The van der Waals surface area contributed by atoms with Gasteiger partial charge in [-0.15, -0.1) is 0 Å². The Morgan fingerprint density at radius 3 is 2.48 bits per heavy atom. The SMILES string of the molecule is O=C1CC(COCNC2CC(c3c(-c4ccc(F)cc4)[nH]c4c(F)cc(F)cc34)C2)C(=O)N1.